The fraction of sp³-hybridized carbons (Fsp3) is 0.0435. The van der Waals surface area contributed by atoms with Crippen molar-refractivity contribution in [3.63, 3.8) is 0 Å². The predicted octanol–water partition coefficient (Wildman–Crippen LogP) is 6.05. The summed E-state index contributed by atoms with van der Waals surface area (Å²) in [6.07, 6.45) is 1.85. The third-order valence-electron chi connectivity index (χ3n) is 4.46. The molecule has 0 bridgehead atoms. The Kier molecular flexibility index (Phi) is 5.65. The highest BCUT2D eigenvalue weighted by Gasteiger charge is 2.32. The summed E-state index contributed by atoms with van der Waals surface area (Å²) in [6.45, 7) is 0. The van der Waals surface area contributed by atoms with Gasteiger partial charge in [0.2, 0.25) is 0 Å². The molecule has 1 aliphatic heterocycles. The molecule has 1 aliphatic rings. The van der Waals surface area contributed by atoms with Crippen LogP contribution in [0.3, 0.4) is 0 Å². The lowest BCUT2D eigenvalue weighted by atomic mass is 10.0. The standard InChI is InChI=1S/C23H16Br2N2O2/c1-29-22-19(24)13-15(14-20(22)25)12-18-21(16-8-4-2-5-9-16)26-27(23(18)28)17-10-6-3-7-11-17/h2-14H,1H3/b18-12-. The average Bonchev–Trinajstić information content (AvgIpc) is 3.05. The molecule has 0 N–H and O–H groups in total. The van der Waals surface area contributed by atoms with Crippen LogP contribution in [0.5, 0.6) is 5.75 Å². The van der Waals surface area contributed by atoms with Gasteiger partial charge in [-0.15, -0.1) is 0 Å². The van der Waals surface area contributed by atoms with Crippen molar-refractivity contribution in [2.45, 2.75) is 0 Å². The summed E-state index contributed by atoms with van der Waals surface area (Å²) in [6, 6.07) is 23.0. The molecule has 3 aromatic rings. The lowest BCUT2D eigenvalue weighted by Crippen LogP contribution is -2.21. The van der Waals surface area contributed by atoms with Crippen molar-refractivity contribution >= 4 is 55.2 Å². The highest BCUT2D eigenvalue weighted by atomic mass is 79.9. The van der Waals surface area contributed by atoms with E-state index in [0.717, 1.165) is 25.8 Å². The maximum atomic E-state index is 13.3. The van der Waals surface area contributed by atoms with E-state index >= 15 is 0 Å². The Balaban J connectivity index is 1.83. The van der Waals surface area contributed by atoms with Gasteiger partial charge in [-0.05, 0) is 67.8 Å². The molecule has 0 aliphatic carbocycles. The van der Waals surface area contributed by atoms with Crippen molar-refractivity contribution in [2.75, 3.05) is 12.1 Å². The summed E-state index contributed by atoms with van der Waals surface area (Å²) < 4.78 is 6.97. The summed E-state index contributed by atoms with van der Waals surface area (Å²) in [5.41, 5.74) is 3.64. The Morgan fingerprint density at radius 2 is 1.52 bits per heavy atom. The number of carbonyl (C=O) groups excluding carboxylic acids is 1. The second-order valence-electron chi connectivity index (χ2n) is 6.34. The molecule has 0 saturated heterocycles. The minimum absolute atomic E-state index is 0.168. The Morgan fingerprint density at radius 1 is 0.931 bits per heavy atom. The summed E-state index contributed by atoms with van der Waals surface area (Å²) in [7, 11) is 1.61. The van der Waals surface area contributed by atoms with Crippen molar-refractivity contribution in [3.8, 4) is 5.75 Å². The minimum Gasteiger partial charge on any atom is -0.494 e. The van der Waals surface area contributed by atoms with Crippen molar-refractivity contribution in [2.24, 2.45) is 5.10 Å². The summed E-state index contributed by atoms with van der Waals surface area (Å²) in [5.74, 6) is 0.533. The molecule has 4 rings (SSSR count). The quantitative estimate of drug-likeness (QED) is 0.400. The van der Waals surface area contributed by atoms with Crippen LogP contribution in [0.4, 0.5) is 5.69 Å². The maximum Gasteiger partial charge on any atom is 0.281 e. The van der Waals surface area contributed by atoms with Gasteiger partial charge < -0.3 is 4.74 Å². The third kappa shape index (κ3) is 3.91. The smallest absolute Gasteiger partial charge is 0.281 e. The largest absolute Gasteiger partial charge is 0.494 e. The van der Waals surface area contributed by atoms with Gasteiger partial charge in [0.1, 0.15) is 11.5 Å². The molecule has 0 spiro atoms. The van der Waals surface area contributed by atoms with Crippen LogP contribution < -0.4 is 9.75 Å². The highest BCUT2D eigenvalue weighted by Crippen LogP contribution is 2.36. The zero-order valence-electron chi connectivity index (χ0n) is 15.5. The summed E-state index contributed by atoms with van der Waals surface area (Å²) >= 11 is 7.04. The summed E-state index contributed by atoms with van der Waals surface area (Å²) in [4.78, 5) is 13.3. The van der Waals surface area contributed by atoms with Gasteiger partial charge in [0.15, 0.2) is 0 Å². The molecule has 144 valence electrons. The molecule has 4 nitrogen and oxygen atoms in total. The van der Waals surface area contributed by atoms with Gasteiger partial charge >= 0.3 is 0 Å². The first-order chi connectivity index (χ1) is 14.1. The van der Waals surface area contributed by atoms with Crippen LogP contribution in [0, 0.1) is 0 Å². The first-order valence-corrected chi connectivity index (χ1v) is 10.5. The maximum absolute atomic E-state index is 13.3. The van der Waals surface area contributed by atoms with Gasteiger partial charge in [0.05, 0.1) is 27.3 Å². The van der Waals surface area contributed by atoms with E-state index < -0.39 is 0 Å². The van der Waals surface area contributed by atoms with Crippen LogP contribution in [-0.2, 0) is 4.79 Å². The van der Waals surface area contributed by atoms with Gasteiger partial charge in [-0.1, -0.05) is 48.5 Å². The molecule has 0 radical (unpaired) electrons. The van der Waals surface area contributed by atoms with E-state index in [1.54, 1.807) is 7.11 Å². The molecule has 3 aromatic carbocycles. The van der Waals surface area contributed by atoms with E-state index in [4.69, 9.17) is 4.74 Å². The van der Waals surface area contributed by atoms with E-state index in [1.807, 2.05) is 78.9 Å². The molecule has 0 saturated carbocycles. The number of carbonyl (C=O) groups is 1. The van der Waals surface area contributed by atoms with Crippen LogP contribution in [0.2, 0.25) is 0 Å². The number of rotatable bonds is 4. The van der Waals surface area contributed by atoms with Crippen molar-refractivity contribution < 1.29 is 9.53 Å². The number of nitrogens with zero attached hydrogens (tertiary/aromatic N) is 2. The molecule has 29 heavy (non-hydrogen) atoms. The van der Waals surface area contributed by atoms with Crippen molar-refractivity contribution in [3.05, 3.63) is 98.4 Å². The SMILES string of the molecule is COc1c(Br)cc(/C=C2\C(=O)N(c3ccccc3)N=C2c2ccccc2)cc1Br. The number of methoxy groups -OCH3 is 1. The Hall–Kier alpha value is -2.70. The van der Waals surface area contributed by atoms with Gasteiger partial charge in [-0.25, -0.2) is 0 Å². The van der Waals surface area contributed by atoms with Gasteiger partial charge in [0, 0.05) is 5.56 Å². The van der Waals surface area contributed by atoms with E-state index in [2.05, 4.69) is 37.0 Å². The van der Waals surface area contributed by atoms with Crippen LogP contribution >= 0.6 is 31.9 Å². The number of anilines is 1. The Bertz CT molecular complexity index is 1100. The molecule has 0 aromatic heterocycles. The molecule has 6 heteroatoms. The number of hydrazone groups is 1. The van der Waals surface area contributed by atoms with Gasteiger partial charge in [0.25, 0.3) is 5.91 Å². The van der Waals surface area contributed by atoms with Crippen molar-refractivity contribution in [1.82, 2.24) is 0 Å². The summed E-state index contributed by atoms with van der Waals surface area (Å²) in [5, 5.41) is 6.10. The van der Waals surface area contributed by atoms with Crippen LogP contribution in [-0.4, -0.2) is 18.7 Å². The lowest BCUT2D eigenvalue weighted by molar-refractivity contribution is -0.114. The molecule has 0 atom stereocenters. The molecule has 1 amide bonds. The highest BCUT2D eigenvalue weighted by molar-refractivity contribution is 9.11. The number of para-hydroxylation sites is 1. The van der Waals surface area contributed by atoms with Crippen molar-refractivity contribution in [1.29, 1.82) is 0 Å². The number of halogens is 2. The third-order valence-corrected chi connectivity index (χ3v) is 5.64. The lowest BCUT2D eigenvalue weighted by Gasteiger charge is -2.11. The minimum atomic E-state index is -0.168. The molecular weight excluding hydrogens is 496 g/mol. The zero-order chi connectivity index (χ0) is 20.4. The van der Waals surface area contributed by atoms with Gasteiger partial charge in [-0.3, -0.25) is 4.79 Å². The van der Waals surface area contributed by atoms with E-state index in [-0.39, 0.29) is 5.91 Å². The number of amides is 1. The van der Waals surface area contributed by atoms with E-state index in [1.165, 1.54) is 5.01 Å². The fourth-order valence-electron chi connectivity index (χ4n) is 3.12. The molecule has 0 unspecified atom stereocenters. The zero-order valence-corrected chi connectivity index (χ0v) is 18.6. The van der Waals surface area contributed by atoms with Crippen LogP contribution in [0.25, 0.3) is 6.08 Å². The molecule has 1 heterocycles. The monoisotopic (exact) mass is 510 g/mol. The van der Waals surface area contributed by atoms with E-state index in [0.29, 0.717) is 17.0 Å². The number of benzene rings is 3. The average molecular weight is 512 g/mol. The number of hydrogen-bond acceptors (Lipinski definition) is 3. The second-order valence-corrected chi connectivity index (χ2v) is 8.05. The first-order valence-electron chi connectivity index (χ1n) is 8.87. The number of ether oxygens (including phenoxy) is 1. The molecule has 0 fully saturated rings. The topological polar surface area (TPSA) is 41.9 Å². The van der Waals surface area contributed by atoms with Gasteiger partial charge in [-0.2, -0.15) is 10.1 Å². The van der Waals surface area contributed by atoms with Crippen LogP contribution in [0.1, 0.15) is 11.1 Å². The Labute approximate surface area is 185 Å². The second kappa shape index (κ2) is 8.35. The first kappa shape index (κ1) is 19.6. The fourth-order valence-corrected chi connectivity index (χ4v) is 4.67. The predicted molar refractivity (Wildman–Crippen MR) is 123 cm³/mol. The Morgan fingerprint density at radius 3 is 2.10 bits per heavy atom. The van der Waals surface area contributed by atoms with Crippen LogP contribution in [0.15, 0.2) is 92.4 Å². The molecular formula is C23H16Br2N2O2. The number of hydrogen-bond donors (Lipinski definition) is 0. The normalized spacial score (nSPS) is 15.0. The van der Waals surface area contributed by atoms with E-state index in [9.17, 15) is 4.79 Å².